The fourth-order valence-electron chi connectivity index (χ4n) is 3.43. The maximum atomic E-state index is 12.8. The largest absolute Gasteiger partial charge is 0.481 e. The van der Waals surface area contributed by atoms with E-state index in [9.17, 15) is 9.59 Å². The number of aliphatic carboxylic acids is 1. The van der Waals surface area contributed by atoms with Gasteiger partial charge in [0.25, 0.3) is 0 Å². The van der Waals surface area contributed by atoms with Crippen molar-refractivity contribution < 1.29 is 24.0 Å². The molecule has 0 saturated heterocycles. The number of aryl methyl sites for hydroxylation is 1. The minimum atomic E-state index is -0.888. The highest BCUT2D eigenvalue weighted by molar-refractivity contribution is 5.89. The summed E-state index contributed by atoms with van der Waals surface area (Å²) in [6, 6.07) is 11.3. The number of urea groups is 1. The van der Waals surface area contributed by atoms with Gasteiger partial charge in [0.05, 0.1) is 18.7 Å². The predicted octanol–water partition coefficient (Wildman–Crippen LogP) is 5.49. The number of carbonyl (C=O) groups excluding carboxylic acids is 1. The Morgan fingerprint density at radius 3 is 2.52 bits per heavy atom. The van der Waals surface area contributed by atoms with Crippen LogP contribution >= 0.6 is 0 Å². The number of carboxylic acids is 1. The Balaban J connectivity index is 1.74. The van der Waals surface area contributed by atoms with E-state index in [1.165, 1.54) is 19.3 Å². The number of nitrogens with one attached hydrogen (secondary N) is 1. The van der Waals surface area contributed by atoms with Crippen molar-refractivity contribution in [3.8, 4) is 0 Å². The molecule has 2 aromatic rings. The van der Waals surface area contributed by atoms with Gasteiger partial charge in [-0.15, -0.1) is 0 Å². The number of para-hydroxylation sites is 1. The number of nitrogens with zero attached hydrogens (tertiary/aromatic N) is 2. The summed E-state index contributed by atoms with van der Waals surface area (Å²) in [6.07, 6.45) is 8.27. The van der Waals surface area contributed by atoms with Gasteiger partial charge in [0.15, 0.2) is 5.76 Å². The maximum absolute atomic E-state index is 12.8. The van der Waals surface area contributed by atoms with Crippen LogP contribution in [0.5, 0.6) is 0 Å². The summed E-state index contributed by atoms with van der Waals surface area (Å²) in [6.45, 7) is 4.00. The van der Waals surface area contributed by atoms with Crippen LogP contribution < -0.4 is 5.32 Å². The third-order valence-electron chi connectivity index (χ3n) is 5.27. The van der Waals surface area contributed by atoms with Gasteiger partial charge in [0.2, 0.25) is 0 Å². The summed E-state index contributed by atoms with van der Waals surface area (Å²) in [7, 11) is 0. The SMILES string of the molecule is CCCCCCCN(CCCCc1cc(COCCC(=O)O)on1)C(=O)Nc1ccccc1. The topological polar surface area (TPSA) is 105 Å². The number of anilines is 1. The molecule has 2 N–H and O–H groups in total. The van der Waals surface area contributed by atoms with Gasteiger partial charge >= 0.3 is 12.0 Å². The number of carbonyl (C=O) groups is 2. The van der Waals surface area contributed by atoms with E-state index in [-0.39, 0.29) is 25.7 Å². The molecule has 0 unspecified atom stereocenters. The van der Waals surface area contributed by atoms with Crippen molar-refractivity contribution >= 4 is 17.7 Å². The molecule has 0 radical (unpaired) electrons. The molecule has 0 bridgehead atoms. The van der Waals surface area contributed by atoms with Crippen molar-refractivity contribution in [2.45, 2.75) is 71.3 Å². The van der Waals surface area contributed by atoms with Crippen molar-refractivity contribution in [3.63, 3.8) is 0 Å². The van der Waals surface area contributed by atoms with Crippen molar-refractivity contribution in [3.05, 3.63) is 47.9 Å². The molecule has 8 nitrogen and oxygen atoms in total. The number of hydrogen-bond donors (Lipinski definition) is 2. The molecular weight excluding hydrogens is 422 g/mol. The average Bonchev–Trinajstić information content (AvgIpc) is 3.26. The lowest BCUT2D eigenvalue weighted by Crippen LogP contribution is -2.36. The molecule has 8 heteroatoms. The molecule has 1 aromatic heterocycles. The van der Waals surface area contributed by atoms with Crippen LogP contribution in [0.25, 0.3) is 0 Å². The van der Waals surface area contributed by atoms with E-state index in [1.807, 2.05) is 41.3 Å². The lowest BCUT2D eigenvalue weighted by molar-refractivity contribution is -0.138. The molecular formula is C25H37N3O5. The monoisotopic (exact) mass is 459 g/mol. The number of hydrogen-bond acceptors (Lipinski definition) is 5. The van der Waals surface area contributed by atoms with Crippen LogP contribution in [0.15, 0.2) is 40.9 Å². The highest BCUT2D eigenvalue weighted by atomic mass is 16.5. The number of ether oxygens (including phenoxy) is 1. The Hall–Kier alpha value is -2.87. The van der Waals surface area contributed by atoms with E-state index >= 15 is 0 Å². The van der Waals surface area contributed by atoms with Crippen molar-refractivity contribution in [2.24, 2.45) is 0 Å². The second-order valence-electron chi connectivity index (χ2n) is 8.14. The lowest BCUT2D eigenvalue weighted by atomic mass is 10.1. The highest BCUT2D eigenvalue weighted by Crippen LogP contribution is 2.12. The van der Waals surface area contributed by atoms with E-state index in [2.05, 4.69) is 17.4 Å². The third-order valence-corrected chi connectivity index (χ3v) is 5.27. The summed E-state index contributed by atoms with van der Waals surface area (Å²) >= 11 is 0. The highest BCUT2D eigenvalue weighted by Gasteiger charge is 2.13. The predicted molar refractivity (Wildman–Crippen MR) is 127 cm³/mol. The Morgan fingerprint density at radius 1 is 1.06 bits per heavy atom. The molecule has 1 aromatic carbocycles. The van der Waals surface area contributed by atoms with Gasteiger partial charge in [-0.3, -0.25) is 4.79 Å². The molecule has 0 saturated carbocycles. The van der Waals surface area contributed by atoms with Gasteiger partial charge in [-0.05, 0) is 37.8 Å². The second-order valence-corrected chi connectivity index (χ2v) is 8.14. The quantitative estimate of drug-likeness (QED) is 0.303. The Morgan fingerprint density at radius 2 is 1.79 bits per heavy atom. The molecule has 2 amide bonds. The summed E-state index contributed by atoms with van der Waals surface area (Å²) in [5, 5.41) is 15.7. The van der Waals surface area contributed by atoms with E-state index < -0.39 is 5.97 Å². The Kier molecular flexibility index (Phi) is 12.7. The van der Waals surface area contributed by atoms with E-state index in [4.69, 9.17) is 14.4 Å². The Labute approximate surface area is 196 Å². The third kappa shape index (κ3) is 11.5. The van der Waals surface area contributed by atoms with Gasteiger partial charge in [-0.1, -0.05) is 56.0 Å². The fraction of sp³-hybridized carbons (Fsp3) is 0.560. The van der Waals surface area contributed by atoms with E-state index in [0.29, 0.717) is 12.3 Å². The molecule has 0 spiro atoms. The summed E-state index contributed by atoms with van der Waals surface area (Å²) in [4.78, 5) is 25.2. The minimum absolute atomic E-state index is 0.0338. The normalized spacial score (nSPS) is 10.8. The molecule has 2 rings (SSSR count). The van der Waals surface area contributed by atoms with E-state index in [1.54, 1.807) is 0 Å². The number of amides is 2. The number of rotatable bonds is 17. The van der Waals surface area contributed by atoms with Crippen molar-refractivity contribution in [1.29, 1.82) is 0 Å². The first kappa shape index (κ1) is 26.4. The summed E-state index contributed by atoms with van der Waals surface area (Å²) in [5.74, 6) is -0.299. The van der Waals surface area contributed by atoms with Gasteiger partial charge in [0.1, 0.15) is 6.61 Å². The van der Waals surface area contributed by atoms with Crippen molar-refractivity contribution in [1.82, 2.24) is 10.1 Å². The number of benzene rings is 1. The number of carboxylic acid groups (broad SMARTS) is 1. The smallest absolute Gasteiger partial charge is 0.321 e. The van der Waals surface area contributed by atoms with Gasteiger partial charge < -0.3 is 24.6 Å². The van der Waals surface area contributed by atoms with Gasteiger partial charge in [-0.2, -0.15) is 0 Å². The molecule has 0 aliphatic heterocycles. The maximum Gasteiger partial charge on any atom is 0.321 e. The molecule has 1 heterocycles. The number of aromatic nitrogens is 1. The zero-order valence-electron chi connectivity index (χ0n) is 19.6. The van der Waals surface area contributed by atoms with Crippen LogP contribution in [0.4, 0.5) is 10.5 Å². The van der Waals surface area contributed by atoms with Gasteiger partial charge in [-0.25, -0.2) is 4.79 Å². The first-order chi connectivity index (χ1) is 16.1. The first-order valence-corrected chi connectivity index (χ1v) is 11.9. The molecule has 0 fully saturated rings. The summed E-state index contributed by atoms with van der Waals surface area (Å²) < 4.78 is 10.5. The van der Waals surface area contributed by atoms with Crippen LogP contribution in [0.2, 0.25) is 0 Å². The first-order valence-electron chi connectivity index (χ1n) is 11.9. The Bertz CT molecular complexity index is 809. The molecule has 0 atom stereocenters. The molecule has 0 aliphatic rings. The van der Waals surface area contributed by atoms with Crippen LogP contribution in [0.1, 0.15) is 69.7 Å². The lowest BCUT2D eigenvalue weighted by Gasteiger charge is -2.23. The standard InChI is InChI=1S/C25H37N3O5/c1-2-3-4-5-10-16-28(25(31)26-21-12-7-6-8-13-21)17-11-9-14-22-19-23(33-27-22)20-32-18-15-24(29)30/h6-8,12-13,19H,2-5,9-11,14-18,20H2,1H3,(H,26,31)(H,29,30). The van der Waals surface area contributed by atoms with Gasteiger partial charge in [0, 0.05) is 24.8 Å². The van der Waals surface area contributed by atoms with Crippen LogP contribution in [0, 0.1) is 0 Å². The second kappa shape index (κ2) is 15.9. The molecule has 33 heavy (non-hydrogen) atoms. The fourth-order valence-corrected chi connectivity index (χ4v) is 3.43. The minimum Gasteiger partial charge on any atom is -0.481 e. The zero-order chi connectivity index (χ0) is 23.7. The van der Waals surface area contributed by atoms with Crippen molar-refractivity contribution in [2.75, 3.05) is 25.0 Å². The number of unbranched alkanes of at least 4 members (excludes halogenated alkanes) is 5. The van der Waals surface area contributed by atoms with Crippen LogP contribution in [0.3, 0.4) is 0 Å². The zero-order valence-corrected chi connectivity index (χ0v) is 19.6. The van der Waals surface area contributed by atoms with E-state index in [0.717, 1.165) is 50.0 Å². The van der Waals surface area contributed by atoms with Crippen LogP contribution in [-0.2, 0) is 22.6 Å². The average molecular weight is 460 g/mol. The summed E-state index contributed by atoms with van der Waals surface area (Å²) in [5.41, 5.74) is 1.64. The molecule has 0 aliphatic carbocycles. The molecule has 182 valence electrons. The van der Waals surface area contributed by atoms with Crippen LogP contribution in [-0.4, -0.2) is 46.9 Å².